The Morgan fingerprint density at radius 2 is 1.57 bits per heavy atom. The number of anilines is 1. The van der Waals surface area contributed by atoms with E-state index in [0.29, 0.717) is 27.8 Å². The average molecular weight is 563 g/mol. The third-order valence-corrected chi connectivity index (χ3v) is 8.08. The summed E-state index contributed by atoms with van der Waals surface area (Å²) in [7, 11) is -4.13. The van der Waals surface area contributed by atoms with Crippen LogP contribution < -0.4 is 9.62 Å². The van der Waals surface area contributed by atoms with Crippen molar-refractivity contribution in [3.8, 4) is 0 Å². The number of nitrogens with zero attached hydrogens (tertiary/aromatic N) is 2. The number of benzene rings is 3. The number of carbonyl (C=O) groups is 2. The van der Waals surface area contributed by atoms with Crippen LogP contribution in [0.2, 0.25) is 10.0 Å². The molecule has 0 aromatic heterocycles. The number of amides is 2. The molecule has 1 N–H and O–H groups in total. The highest BCUT2D eigenvalue weighted by molar-refractivity contribution is 7.92. The predicted octanol–water partition coefficient (Wildman–Crippen LogP) is 5.05. The van der Waals surface area contributed by atoms with E-state index in [1.807, 2.05) is 0 Å². The molecule has 0 fully saturated rings. The van der Waals surface area contributed by atoms with Crippen molar-refractivity contribution in [2.24, 2.45) is 0 Å². The minimum Gasteiger partial charge on any atom is -0.355 e. The van der Waals surface area contributed by atoms with Gasteiger partial charge >= 0.3 is 0 Å². The molecule has 0 radical (unpaired) electrons. The molecule has 0 aliphatic heterocycles. The lowest BCUT2D eigenvalue weighted by molar-refractivity contribution is -0.139. The summed E-state index contributed by atoms with van der Waals surface area (Å²) in [4.78, 5) is 27.9. The van der Waals surface area contributed by atoms with Gasteiger partial charge in [-0.25, -0.2) is 8.42 Å². The summed E-state index contributed by atoms with van der Waals surface area (Å²) in [5.74, 6) is -0.882. The molecule has 3 aromatic carbocycles. The number of aryl methyl sites for hydroxylation is 1. The largest absolute Gasteiger partial charge is 0.355 e. The fraction of sp³-hybridized carbons (Fsp3) is 0.259. The van der Waals surface area contributed by atoms with Gasteiger partial charge in [0.1, 0.15) is 12.6 Å². The lowest BCUT2D eigenvalue weighted by Gasteiger charge is -2.32. The third-order valence-electron chi connectivity index (χ3n) is 5.82. The van der Waals surface area contributed by atoms with Crippen LogP contribution in [0.4, 0.5) is 5.69 Å². The number of halogens is 2. The number of rotatable bonds is 10. The van der Waals surface area contributed by atoms with Gasteiger partial charge in [-0.3, -0.25) is 13.9 Å². The van der Waals surface area contributed by atoms with E-state index in [1.165, 1.54) is 17.0 Å². The number of hydrogen-bond acceptors (Lipinski definition) is 4. The molecule has 0 heterocycles. The molecular formula is C27H29Cl2N3O4S. The van der Waals surface area contributed by atoms with Gasteiger partial charge in [-0.05, 0) is 74.4 Å². The number of likely N-dealkylation sites (N-methyl/N-ethyl adjacent to an activating group) is 1. The highest BCUT2D eigenvalue weighted by Gasteiger charge is 2.33. The first kappa shape index (κ1) is 28.5. The second-order valence-electron chi connectivity index (χ2n) is 8.47. The lowest BCUT2D eigenvalue weighted by Crippen LogP contribution is -2.51. The number of hydrogen-bond donors (Lipinski definition) is 1. The van der Waals surface area contributed by atoms with Crippen molar-refractivity contribution in [2.75, 3.05) is 17.4 Å². The van der Waals surface area contributed by atoms with Gasteiger partial charge in [0.2, 0.25) is 11.8 Å². The highest BCUT2D eigenvalue weighted by atomic mass is 35.5. The first-order chi connectivity index (χ1) is 17.5. The van der Waals surface area contributed by atoms with Crippen molar-refractivity contribution in [1.82, 2.24) is 10.2 Å². The van der Waals surface area contributed by atoms with Crippen molar-refractivity contribution in [3.05, 3.63) is 94.0 Å². The van der Waals surface area contributed by atoms with E-state index >= 15 is 0 Å². The van der Waals surface area contributed by atoms with Gasteiger partial charge in [0, 0.05) is 23.1 Å². The van der Waals surface area contributed by atoms with Crippen LogP contribution in [0.5, 0.6) is 0 Å². The molecule has 0 aliphatic carbocycles. The Bertz CT molecular complexity index is 1350. The summed E-state index contributed by atoms with van der Waals surface area (Å²) in [6.45, 7) is 5.09. The zero-order chi connectivity index (χ0) is 27.2. The minimum atomic E-state index is -4.13. The molecule has 3 rings (SSSR count). The topological polar surface area (TPSA) is 86.8 Å². The average Bonchev–Trinajstić information content (AvgIpc) is 2.87. The van der Waals surface area contributed by atoms with Gasteiger partial charge in [-0.1, -0.05) is 53.5 Å². The molecular weight excluding hydrogens is 533 g/mol. The first-order valence-electron chi connectivity index (χ1n) is 11.7. The van der Waals surface area contributed by atoms with Gasteiger partial charge in [0.15, 0.2) is 0 Å². The first-order valence-corrected chi connectivity index (χ1v) is 13.9. The van der Waals surface area contributed by atoms with Crippen LogP contribution in [-0.2, 0) is 26.2 Å². The molecule has 1 atom stereocenters. The van der Waals surface area contributed by atoms with Gasteiger partial charge in [0.25, 0.3) is 10.0 Å². The van der Waals surface area contributed by atoms with Crippen LogP contribution in [0.3, 0.4) is 0 Å². The van der Waals surface area contributed by atoms with E-state index in [4.69, 9.17) is 23.2 Å². The molecule has 0 aliphatic rings. The lowest BCUT2D eigenvalue weighted by atomic mass is 10.1. The normalized spacial score (nSPS) is 12.0. The van der Waals surface area contributed by atoms with Gasteiger partial charge in [-0.15, -0.1) is 0 Å². The Kier molecular flexibility index (Phi) is 9.59. The second-order valence-corrected chi connectivity index (χ2v) is 11.2. The van der Waals surface area contributed by atoms with Gasteiger partial charge in [0.05, 0.1) is 10.6 Å². The zero-order valence-electron chi connectivity index (χ0n) is 20.8. The van der Waals surface area contributed by atoms with E-state index in [2.05, 4.69) is 5.32 Å². The zero-order valence-corrected chi connectivity index (χ0v) is 23.1. The van der Waals surface area contributed by atoms with Crippen molar-refractivity contribution < 1.29 is 18.0 Å². The van der Waals surface area contributed by atoms with Crippen molar-refractivity contribution in [1.29, 1.82) is 0 Å². The fourth-order valence-electron chi connectivity index (χ4n) is 3.82. The molecule has 10 heteroatoms. The molecule has 2 amide bonds. The summed E-state index contributed by atoms with van der Waals surface area (Å²) in [5.41, 5.74) is 1.65. The molecule has 7 nitrogen and oxygen atoms in total. The Labute approximate surface area is 228 Å². The number of nitrogens with one attached hydrogen (secondary N) is 1. The third kappa shape index (κ3) is 7.03. The predicted molar refractivity (Wildman–Crippen MR) is 147 cm³/mol. The van der Waals surface area contributed by atoms with Gasteiger partial charge in [-0.2, -0.15) is 0 Å². The van der Waals surface area contributed by atoms with Gasteiger partial charge < -0.3 is 10.2 Å². The maximum atomic E-state index is 13.8. The smallest absolute Gasteiger partial charge is 0.264 e. The van der Waals surface area contributed by atoms with E-state index in [9.17, 15) is 18.0 Å². The molecule has 0 unspecified atom stereocenters. The number of carbonyl (C=O) groups excluding carboxylic acids is 2. The van der Waals surface area contributed by atoms with Crippen LogP contribution in [0, 0.1) is 6.92 Å². The summed E-state index contributed by atoms with van der Waals surface area (Å²) in [5, 5.41) is 3.71. The Hall–Kier alpha value is -3.07. The molecule has 0 saturated heterocycles. The van der Waals surface area contributed by atoms with Crippen LogP contribution in [0.15, 0.2) is 77.7 Å². The summed E-state index contributed by atoms with van der Waals surface area (Å²) < 4.78 is 28.6. The maximum absolute atomic E-state index is 13.8. The highest BCUT2D eigenvalue weighted by Crippen LogP contribution is 2.29. The minimum absolute atomic E-state index is 0.0400. The van der Waals surface area contributed by atoms with Crippen LogP contribution in [0.25, 0.3) is 0 Å². The monoisotopic (exact) mass is 561 g/mol. The van der Waals surface area contributed by atoms with Crippen LogP contribution in [-0.4, -0.2) is 44.3 Å². The SMILES string of the molecule is CCNC(=O)[C@H](C)N(Cc1ccc(Cl)cc1)C(=O)CN(c1ccc(Cl)cc1C)S(=O)(=O)c1ccccc1. The second kappa shape index (κ2) is 12.4. The molecule has 0 spiro atoms. The van der Waals surface area contributed by atoms with E-state index in [1.54, 1.807) is 81.4 Å². The van der Waals surface area contributed by atoms with Crippen molar-refractivity contribution >= 4 is 50.7 Å². The molecule has 37 heavy (non-hydrogen) atoms. The van der Waals surface area contributed by atoms with Crippen LogP contribution >= 0.6 is 23.2 Å². The quantitative estimate of drug-likeness (QED) is 0.375. The summed E-state index contributed by atoms with van der Waals surface area (Å²) in [6, 6.07) is 18.7. The summed E-state index contributed by atoms with van der Waals surface area (Å²) >= 11 is 12.1. The Morgan fingerprint density at radius 3 is 2.16 bits per heavy atom. The molecule has 0 bridgehead atoms. The van der Waals surface area contributed by atoms with Crippen LogP contribution in [0.1, 0.15) is 25.0 Å². The van der Waals surface area contributed by atoms with Crippen molar-refractivity contribution in [3.63, 3.8) is 0 Å². The van der Waals surface area contributed by atoms with Crippen molar-refractivity contribution in [2.45, 2.75) is 38.3 Å². The summed E-state index contributed by atoms with van der Waals surface area (Å²) in [6.07, 6.45) is 0. The van der Waals surface area contributed by atoms with E-state index < -0.39 is 28.5 Å². The Balaban J connectivity index is 2.04. The fourth-order valence-corrected chi connectivity index (χ4v) is 5.68. The molecule has 196 valence electrons. The van der Waals surface area contributed by atoms with E-state index in [-0.39, 0.29) is 17.3 Å². The number of sulfonamides is 1. The standard InChI is InChI=1S/C27H29Cl2N3O4S/c1-4-30-27(34)20(3)31(17-21-10-12-22(28)13-11-21)26(33)18-32(25-15-14-23(29)16-19(25)2)37(35,36)24-8-6-5-7-9-24/h5-16,20H,4,17-18H2,1-3H3,(H,30,34)/t20-/m0/s1. The molecule has 3 aromatic rings. The maximum Gasteiger partial charge on any atom is 0.264 e. The Morgan fingerprint density at radius 1 is 0.946 bits per heavy atom. The van der Waals surface area contributed by atoms with E-state index in [0.717, 1.165) is 9.87 Å². The molecule has 0 saturated carbocycles.